The van der Waals surface area contributed by atoms with Crippen LogP contribution in [0.1, 0.15) is 21.9 Å². The number of nitrogens with zero attached hydrogens (tertiary/aromatic N) is 3. The lowest BCUT2D eigenvalue weighted by Crippen LogP contribution is -2.23. The minimum atomic E-state index is -0.297. The Morgan fingerprint density at radius 1 is 1.32 bits per heavy atom. The van der Waals surface area contributed by atoms with Crippen LogP contribution in [0.5, 0.6) is 0 Å². The highest BCUT2D eigenvalue weighted by molar-refractivity contribution is 6.30. The minimum Gasteiger partial charge on any atom is -0.467 e. The molecule has 1 N–H and O–H groups in total. The molecule has 112 valence electrons. The number of halogens is 1. The molecule has 0 aliphatic heterocycles. The fourth-order valence-corrected chi connectivity index (χ4v) is 2.16. The third-order valence-corrected chi connectivity index (χ3v) is 3.44. The first-order valence-electron chi connectivity index (χ1n) is 6.64. The molecule has 0 radical (unpaired) electrons. The molecule has 0 aliphatic carbocycles. The van der Waals surface area contributed by atoms with Gasteiger partial charge in [-0.3, -0.25) is 4.79 Å². The molecule has 3 aromatic rings. The SMILES string of the molecule is Cc1c(C(=O)NCc2ccco2)nnn1-c1ccc(Cl)cc1. The van der Waals surface area contributed by atoms with Crippen molar-refractivity contribution in [1.82, 2.24) is 20.3 Å². The summed E-state index contributed by atoms with van der Waals surface area (Å²) in [6.45, 7) is 2.09. The van der Waals surface area contributed by atoms with Gasteiger partial charge in [0.25, 0.3) is 5.91 Å². The van der Waals surface area contributed by atoms with Crippen LogP contribution in [0.25, 0.3) is 5.69 Å². The summed E-state index contributed by atoms with van der Waals surface area (Å²) in [7, 11) is 0. The number of rotatable bonds is 4. The quantitative estimate of drug-likeness (QED) is 0.803. The van der Waals surface area contributed by atoms with Crippen molar-refractivity contribution in [3.63, 3.8) is 0 Å². The van der Waals surface area contributed by atoms with Crippen molar-refractivity contribution in [2.45, 2.75) is 13.5 Å². The zero-order valence-electron chi connectivity index (χ0n) is 11.8. The summed E-state index contributed by atoms with van der Waals surface area (Å²) < 4.78 is 6.76. The van der Waals surface area contributed by atoms with Gasteiger partial charge in [0, 0.05) is 5.02 Å². The first kappa shape index (κ1) is 14.3. The van der Waals surface area contributed by atoms with Crippen LogP contribution in [0.15, 0.2) is 47.1 Å². The molecular weight excluding hydrogens is 304 g/mol. The molecule has 0 spiro atoms. The standard InChI is InChI=1S/C15H13ClN4O2/c1-10-14(15(21)17-9-13-3-2-8-22-13)18-19-20(10)12-6-4-11(16)5-7-12/h2-8H,9H2,1H3,(H,17,21). The van der Waals surface area contributed by atoms with E-state index in [9.17, 15) is 4.79 Å². The van der Waals surface area contributed by atoms with Gasteiger partial charge in [-0.15, -0.1) is 5.10 Å². The molecular formula is C15H13ClN4O2. The van der Waals surface area contributed by atoms with Gasteiger partial charge >= 0.3 is 0 Å². The lowest BCUT2D eigenvalue weighted by atomic mass is 10.3. The van der Waals surface area contributed by atoms with Crippen molar-refractivity contribution in [2.24, 2.45) is 0 Å². The van der Waals surface area contributed by atoms with Gasteiger partial charge < -0.3 is 9.73 Å². The van der Waals surface area contributed by atoms with Crippen LogP contribution in [0, 0.1) is 6.92 Å². The van der Waals surface area contributed by atoms with Crippen molar-refractivity contribution < 1.29 is 9.21 Å². The van der Waals surface area contributed by atoms with Crippen molar-refractivity contribution >= 4 is 17.5 Å². The van der Waals surface area contributed by atoms with Gasteiger partial charge in [0.1, 0.15) is 5.76 Å². The first-order chi connectivity index (χ1) is 10.6. The van der Waals surface area contributed by atoms with E-state index in [0.717, 1.165) is 5.69 Å². The van der Waals surface area contributed by atoms with Crippen molar-refractivity contribution in [1.29, 1.82) is 0 Å². The molecule has 0 bridgehead atoms. The summed E-state index contributed by atoms with van der Waals surface area (Å²) in [5.74, 6) is 0.380. The van der Waals surface area contributed by atoms with Gasteiger partial charge in [-0.2, -0.15) is 0 Å². The normalized spacial score (nSPS) is 10.6. The van der Waals surface area contributed by atoms with Gasteiger partial charge in [0.2, 0.25) is 0 Å². The number of nitrogens with one attached hydrogen (secondary N) is 1. The predicted octanol–water partition coefficient (Wildman–Crippen LogP) is 2.75. The van der Waals surface area contributed by atoms with E-state index in [1.807, 2.05) is 12.1 Å². The maximum atomic E-state index is 12.2. The third kappa shape index (κ3) is 2.87. The van der Waals surface area contributed by atoms with Crippen molar-refractivity contribution in [2.75, 3.05) is 0 Å². The number of carbonyl (C=O) groups excluding carboxylic acids is 1. The first-order valence-corrected chi connectivity index (χ1v) is 7.02. The molecule has 1 amide bonds. The Labute approximate surface area is 131 Å². The molecule has 7 heteroatoms. The zero-order valence-corrected chi connectivity index (χ0v) is 12.5. The number of benzene rings is 1. The van der Waals surface area contributed by atoms with Crippen LogP contribution >= 0.6 is 11.6 Å². The molecule has 0 unspecified atom stereocenters. The second kappa shape index (κ2) is 6.03. The lowest BCUT2D eigenvalue weighted by molar-refractivity contribution is 0.0942. The smallest absolute Gasteiger partial charge is 0.274 e. The molecule has 0 saturated heterocycles. The molecule has 2 heterocycles. The number of hydrogen-bond donors (Lipinski definition) is 1. The van der Waals surface area contributed by atoms with E-state index in [1.165, 1.54) is 0 Å². The minimum absolute atomic E-state index is 0.279. The summed E-state index contributed by atoms with van der Waals surface area (Å²) in [5, 5.41) is 11.4. The van der Waals surface area contributed by atoms with Crippen LogP contribution in [0.4, 0.5) is 0 Å². The molecule has 6 nitrogen and oxygen atoms in total. The fourth-order valence-electron chi connectivity index (χ4n) is 2.03. The highest BCUT2D eigenvalue weighted by Gasteiger charge is 2.17. The number of amides is 1. The molecule has 0 atom stereocenters. The van der Waals surface area contributed by atoms with E-state index in [1.54, 1.807) is 42.1 Å². The number of carbonyl (C=O) groups is 1. The fraction of sp³-hybridized carbons (Fsp3) is 0.133. The monoisotopic (exact) mass is 316 g/mol. The van der Waals surface area contributed by atoms with Crippen molar-refractivity contribution in [3.8, 4) is 5.69 Å². The number of furan rings is 1. The summed E-state index contributed by atoms with van der Waals surface area (Å²) in [6, 6.07) is 10.7. The highest BCUT2D eigenvalue weighted by Crippen LogP contribution is 2.15. The largest absolute Gasteiger partial charge is 0.467 e. The maximum Gasteiger partial charge on any atom is 0.274 e. The Bertz CT molecular complexity index is 778. The second-order valence-electron chi connectivity index (χ2n) is 4.67. The van der Waals surface area contributed by atoms with E-state index in [0.29, 0.717) is 23.0 Å². The number of hydrogen-bond acceptors (Lipinski definition) is 4. The van der Waals surface area contributed by atoms with E-state index in [2.05, 4.69) is 15.6 Å². The average molecular weight is 317 g/mol. The molecule has 1 aromatic carbocycles. The maximum absolute atomic E-state index is 12.2. The molecule has 3 rings (SSSR count). The van der Waals surface area contributed by atoms with E-state index in [4.69, 9.17) is 16.0 Å². The Balaban J connectivity index is 1.77. The molecule has 0 fully saturated rings. The van der Waals surface area contributed by atoms with E-state index in [-0.39, 0.29) is 11.6 Å². The van der Waals surface area contributed by atoms with Gasteiger partial charge in [-0.1, -0.05) is 16.8 Å². The van der Waals surface area contributed by atoms with Gasteiger partial charge in [-0.25, -0.2) is 4.68 Å². The lowest BCUT2D eigenvalue weighted by Gasteiger charge is -2.04. The topological polar surface area (TPSA) is 73.0 Å². The molecule has 0 saturated carbocycles. The Morgan fingerprint density at radius 3 is 2.77 bits per heavy atom. The van der Waals surface area contributed by atoms with E-state index < -0.39 is 0 Å². The summed E-state index contributed by atoms with van der Waals surface area (Å²) in [4.78, 5) is 12.2. The molecule has 0 aliphatic rings. The third-order valence-electron chi connectivity index (χ3n) is 3.18. The zero-order chi connectivity index (χ0) is 15.5. The van der Waals surface area contributed by atoms with Crippen LogP contribution in [-0.2, 0) is 6.54 Å². The highest BCUT2D eigenvalue weighted by atomic mass is 35.5. The average Bonchev–Trinajstić information content (AvgIpc) is 3.15. The van der Waals surface area contributed by atoms with Crippen LogP contribution in [0.3, 0.4) is 0 Å². The molecule has 22 heavy (non-hydrogen) atoms. The van der Waals surface area contributed by atoms with Crippen LogP contribution in [0.2, 0.25) is 5.02 Å². The summed E-state index contributed by atoms with van der Waals surface area (Å²) in [6.07, 6.45) is 1.56. The van der Waals surface area contributed by atoms with Gasteiger partial charge in [0.15, 0.2) is 5.69 Å². The summed E-state index contributed by atoms with van der Waals surface area (Å²) >= 11 is 5.87. The van der Waals surface area contributed by atoms with Crippen LogP contribution < -0.4 is 5.32 Å². The molecule has 2 aromatic heterocycles. The predicted molar refractivity (Wildman–Crippen MR) is 81.0 cm³/mol. The summed E-state index contributed by atoms with van der Waals surface area (Å²) in [5.41, 5.74) is 1.72. The van der Waals surface area contributed by atoms with Gasteiger partial charge in [0.05, 0.1) is 24.2 Å². The van der Waals surface area contributed by atoms with Crippen LogP contribution in [-0.4, -0.2) is 20.9 Å². The second-order valence-corrected chi connectivity index (χ2v) is 5.11. The Hall–Kier alpha value is -2.60. The Kier molecular flexibility index (Phi) is 3.93. The number of aromatic nitrogens is 3. The van der Waals surface area contributed by atoms with E-state index >= 15 is 0 Å². The Morgan fingerprint density at radius 2 is 2.09 bits per heavy atom. The van der Waals surface area contributed by atoms with Gasteiger partial charge in [-0.05, 0) is 43.3 Å². The van der Waals surface area contributed by atoms with Crippen molar-refractivity contribution in [3.05, 3.63) is 64.8 Å².